The molecule has 1 saturated carbocycles. The van der Waals surface area contributed by atoms with Crippen LogP contribution in [0.3, 0.4) is 0 Å². The average Bonchev–Trinajstić information content (AvgIpc) is 2.87. The number of halogens is 1. The fourth-order valence-electron chi connectivity index (χ4n) is 1.48. The molecule has 0 N–H and O–H groups in total. The molecule has 1 heterocycles. The van der Waals surface area contributed by atoms with Crippen molar-refractivity contribution < 1.29 is 0 Å². The van der Waals surface area contributed by atoms with Crippen LogP contribution in [0, 0.1) is 0 Å². The molecule has 0 atom stereocenters. The van der Waals surface area contributed by atoms with E-state index in [0.29, 0.717) is 5.92 Å². The molecule has 0 spiro atoms. The maximum absolute atomic E-state index is 4.38. The molecule has 2 rings (SSSR count). The van der Waals surface area contributed by atoms with Gasteiger partial charge in [-0.3, -0.25) is 0 Å². The highest BCUT2D eigenvalue weighted by molar-refractivity contribution is 9.10. The third-order valence-electron chi connectivity index (χ3n) is 2.57. The van der Waals surface area contributed by atoms with Crippen molar-refractivity contribution in [3.05, 3.63) is 28.0 Å². The van der Waals surface area contributed by atoms with E-state index in [2.05, 4.69) is 40.8 Å². The van der Waals surface area contributed by atoms with E-state index in [1.54, 1.807) is 0 Å². The van der Waals surface area contributed by atoms with Crippen LogP contribution in [0.25, 0.3) is 0 Å². The van der Waals surface area contributed by atoms with E-state index < -0.39 is 0 Å². The second kappa shape index (κ2) is 3.41. The van der Waals surface area contributed by atoms with E-state index >= 15 is 0 Å². The Kier molecular flexibility index (Phi) is 2.41. The van der Waals surface area contributed by atoms with Crippen LogP contribution in [-0.4, -0.2) is 4.98 Å². The standard InChI is InChI=1S/C11H14BrN/c1-7(2)9-5-10(8-3-4-8)11(12)13-6-9/h5-8H,3-4H2,1-2H3. The van der Waals surface area contributed by atoms with Gasteiger partial charge in [-0.2, -0.15) is 0 Å². The van der Waals surface area contributed by atoms with Crippen LogP contribution in [0.4, 0.5) is 0 Å². The van der Waals surface area contributed by atoms with E-state index in [-0.39, 0.29) is 0 Å². The number of hydrogen-bond acceptors (Lipinski definition) is 1. The molecule has 0 aromatic carbocycles. The van der Waals surface area contributed by atoms with Crippen LogP contribution >= 0.6 is 15.9 Å². The molecule has 0 bridgehead atoms. The van der Waals surface area contributed by atoms with Crippen molar-refractivity contribution in [2.24, 2.45) is 0 Å². The molecule has 1 aliphatic carbocycles. The van der Waals surface area contributed by atoms with Crippen LogP contribution in [0.5, 0.6) is 0 Å². The molecule has 0 aliphatic heterocycles. The first-order chi connectivity index (χ1) is 6.18. The molecule has 0 unspecified atom stereocenters. The maximum Gasteiger partial charge on any atom is 0.109 e. The minimum atomic E-state index is 0.582. The lowest BCUT2D eigenvalue weighted by Crippen LogP contribution is -1.93. The van der Waals surface area contributed by atoms with Crippen LogP contribution in [0.1, 0.15) is 49.7 Å². The third kappa shape index (κ3) is 1.93. The van der Waals surface area contributed by atoms with E-state index in [1.807, 2.05) is 6.20 Å². The Morgan fingerprint density at radius 2 is 2.15 bits per heavy atom. The zero-order valence-corrected chi connectivity index (χ0v) is 9.63. The number of rotatable bonds is 2. The van der Waals surface area contributed by atoms with Gasteiger partial charge in [-0.1, -0.05) is 19.9 Å². The Hall–Kier alpha value is -0.370. The summed E-state index contributed by atoms with van der Waals surface area (Å²) in [7, 11) is 0. The van der Waals surface area contributed by atoms with Crippen LogP contribution in [0.15, 0.2) is 16.9 Å². The van der Waals surface area contributed by atoms with E-state index in [4.69, 9.17) is 0 Å². The summed E-state index contributed by atoms with van der Waals surface area (Å²) in [6, 6.07) is 2.30. The molecular weight excluding hydrogens is 226 g/mol. The summed E-state index contributed by atoms with van der Waals surface area (Å²) in [4.78, 5) is 4.38. The third-order valence-corrected chi connectivity index (χ3v) is 3.23. The van der Waals surface area contributed by atoms with E-state index in [9.17, 15) is 0 Å². The van der Waals surface area contributed by atoms with Crippen molar-refractivity contribution in [1.82, 2.24) is 4.98 Å². The smallest absolute Gasteiger partial charge is 0.109 e. The van der Waals surface area contributed by atoms with E-state index in [0.717, 1.165) is 10.5 Å². The van der Waals surface area contributed by atoms with Gasteiger partial charge >= 0.3 is 0 Å². The molecule has 1 fully saturated rings. The fourth-order valence-corrected chi connectivity index (χ4v) is 2.02. The first-order valence-corrected chi connectivity index (χ1v) is 5.63. The largest absolute Gasteiger partial charge is 0.249 e. The highest BCUT2D eigenvalue weighted by Gasteiger charge is 2.26. The van der Waals surface area contributed by atoms with Gasteiger partial charge in [0.1, 0.15) is 4.60 Å². The highest BCUT2D eigenvalue weighted by atomic mass is 79.9. The molecular formula is C11H14BrN. The minimum absolute atomic E-state index is 0.582. The fraction of sp³-hybridized carbons (Fsp3) is 0.545. The van der Waals surface area contributed by atoms with Crippen LogP contribution < -0.4 is 0 Å². The predicted octanol–water partition coefficient (Wildman–Crippen LogP) is 3.84. The van der Waals surface area contributed by atoms with Crippen molar-refractivity contribution >= 4 is 15.9 Å². The Bertz CT molecular complexity index is 316. The minimum Gasteiger partial charge on any atom is -0.249 e. The molecule has 70 valence electrons. The molecule has 0 radical (unpaired) electrons. The monoisotopic (exact) mass is 239 g/mol. The van der Waals surface area contributed by atoms with Gasteiger partial charge in [-0.25, -0.2) is 4.98 Å². The van der Waals surface area contributed by atoms with Gasteiger partial charge in [0.15, 0.2) is 0 Å². The van der Waals surface area contributed by atoms with Gasteiger partial charge in [0, 0.05) is 6.20 Å². The molecule has 13 heavy (non-hydrogen) atoms. The molecule has 1 nitrogen and oxygen atoms in total. The lowest BCUT2D eigenvalue weighted by Gasteiger charge is -2.08. The lowest BCUT2D eigenvalue weighted by molar-refractivity contribution is 0.848. The Morgan fingerprint density at radius 3 is 2.69 bits per heavy atom. The molecule has 0 saturated heterocycles. The summed E-state index contributed by atoms with van der Waals surface area (Å²) in [5.74, 6) is 1.36. The Labute approximate surface area is 87.7 Å². The quantitative estimate of drug-likeness (QED) is 0.715. The van der Waals surface area contributed by atoms with Gasteiger partial charge in [0.25, 0.3) is 0 Å². The average molecular weight is 240 g/mol. The van der Waals surface area contributed by atoms with Gasteiger partial charge in [0.2, 0.25) is 0 Å². The Balaban J connectivity index is 2.36. The van der Waals surface area contributed by atoms with Gasteiger partial charge in [-0.15, -0.1) is 0 Å². The lowest BCUT2D eigenvalue weighted by atomic mass is 10.0. The van der Waals surface area contributed by atoms with Crippen LogP contribution in [-0.2, 0) is 0 Å². The van der Waals surface area contributed by atoms with Gasteiger partial charge < -0.3 is 0 Å². The normalized spacial score (nSPS) is 16.6. The van der Waals surface area contributed by atoms with Gasteiger partial charge in [-0.05, 0) is 51.7 Å². The summed E-state index contributed by atoms with van der Waals surface area (Å²) in [6.45, 7) is 4.42. The Morgan fingerprint density at radius 1 is 1.46 bits per heavy atom. The summed E-state index contributed by atoms with van der Waals surface area (Å²) < 4.78 is 1.04. The van der Waals surface area contributed by atoms with Crippen molar-refractivity contribution in [3.63, 3.8) is 0 Å². The number of aromatic nitrogens is 1. The molecule has 1 aromatic heterocycles. The SMILES string of the molecule is CC(C)c1cnc(Br)c(C2CC2)c1. The first-order valence-electron chi connectivity index (χ1n) is 4.84. The summed E-state index contributed by atoms with van der Waals surface area (Å²) >= 11 is 3.51. The van der Waals surface area contributed by atoms with Gasteiger partial charge in [0.05, 0.1) is 0 Å². The van der Waals surface area contributed by atoms with Crippen molar-refractivity contribution in [2.45, 2.75) is 38.5 Å². The predicted molar refractivity (Wildman–Crippen MR) is 58.0 cm³/mol. The van der Waals surface area contributed by atoms with E-state index in [1.165, 1.54) is 24.0 Å². The summed E-state index contributed by atoms with van der Waals surface area (Å²) in [6.07, 6.45) is 4.64. The highest BCUT2D eigenvalue weighted by Crippen LogP contribution is 2.43. The topological polar surface area (TPSA) is 12.9 Å². The van der Waals surface area contributed by atoms with Crippen molar-refractivity contribution in [3.8, 4) is 0 Å². The summed E-state index contributed by atoms with van der Waals surface area (Å²) in [5, 5.41) is 0. The second-order valence-electron chi connectivity index (χ2n) is 4.08. The first kappa shape index (κ1) is 9.20. The number of hydrogen-bond donors (Lipinski definition) is 0. The maximum atomic E-state index is 4.38. The molecule has 2 heteroatoms. The molecule has 1 aromatic rings. The molecule has 0 amide bonds. The zero-order valence-electron chi connectivity index (χ0n) is 8.05. The zero-order chi connectivity index (χ0) is 9.42. The molecule has 1 aliphatic rings. The van der Waals surface area contributed by atoms with Crippen molar-refractivity contribution in [1.29, 1.82) is 0 Å². The summed E-state index contributed by atoms with van der Waals surface area (Å²) in [5.41, 5.74) is 2.76. The van der Waals surface area contributed by atoms with Crippen LogP contribution in [0.2, 0.25) is 0 Å². The second-order valence-corrected chi connectivity index (χ2v) is 4.83. The number of nitrogens with zero attached hydrogens (tertiary/aromatic N) is 1. The number of pyridine rings is 1. The van der Waals surface area contributed by atoms with Crippen molar-refractivity contribution in [2.75, 3.05) is 0 Å².